The largest absolute Gasteiger partial charge is 0.464 e. The first-order valence-corrected chi connectivity index (χ1v) is 15.7. The molecule has 0 saturated heterocycles. The van der Waals surface area contributed by atoms with Crippen molar-refractivity contribution in [2.24, 2.45) is 10.9 Å². The fourth-order valence-electron chi connectivity index (χ4n) is 6.08. The summed E-state index contributed by atoms with van der Waals surface area (Å²) in [6.07, 6.45) is 3.85. The Morgan fingerprint density at radius 1 is 0.909 bits per heavy atom. The van der Waals surface area contributed by atoms with Crippen LogP contribution in [-0.2, 0) is 14.9 Å². The Bertz CT molecular complexity index is 1610. The number of halogens is 2. The van der Waals surface area contributed by atoms with Gasteiger partial charge in [0, 0.05) is 16.6 Å². The third kappa shape index (κ3) is 6.92. The Hall–Kier alpha value is -3.49. The van der Waals surface area contributed by atoms with Crippen LogP contribution in [0.15, 0.2) is 59.0 Å². The van der Waals surface area contributed by atoms with Crippen LogP contribution >= 0.6 is 23.2 Å². The Kier molecular flexibility index (Phi) is 11.0. The summed E-state index contributed by atoms with van der Waals surface area (Å²) >= 11 is 12.6. The Morgan fingerprint density at radius 2 is 1.61 bits per heavy atom. The van der Waals surface area contributed by atoms with Gasteiger partial charge in [0.1, 0.15) is 5.69 Å². The van der Waals surface area contributed by atoms with Gasteiger partial charge < -0.3 is 9.47 Å². The molecule has 0 unspecified atom stereocenters. The molecule has 4 rings (SSSR count). The lowest BCUT2D eigenvalue weighted by Gasteiger charge is -2.35. The molecule has 0 aliphatic carbocycles. The van der Waals surface area contributed by atoms with E-state index in [0.29, 0.717) is 53.0 Å². The first-order chi connectivity index (χ1) is 21.1. The number of allylic oxidation sites excluding steroid dienone is 1. The first kappa shape index (κ1) is 33.4. The van der Waals surface area contributed by atoms with E-state index in [-0.39, 0.29) is 11.4 Å². The molecular formula is C34H38BCl2N3O4. The monoisotopic (exact) mass is 633 g/mol. The lowest BCUT2D eigenvalue weighted by atomic mass is 9.62. The van der Waals surface area contributed by atoms with Crippen LogP contribution in [-0.4, -0.2) is 49.0 Å². The van der Waals surface area contributed by atoms with Gasteiger partial charge >= 0.3 is 11.9 Å². The molecule has 44 heavy (non-hydrogen) atoms. The van der Waals surface area contributed by atoms with E-state index in [2.05, 4.69) is 27.7 Å². The molecular weight excluding hydrogens is 596 g/mol. The van der Waals surface area contributed by atoms with Crippen molar-refractivity contribution in [3.63, 3.8) is 0 Å². The minimum absolute atomic E-state index is 0.213. The maximum absolute atomic E-state index is 13.4. The van der Waals surface area contributed by atoms with E-state index >= 15 is 0 Å². The predicted octanol–water partition coefficient (Wildman–Crippen LogP) is 7.85. The van der Waals surface area contributed by atoms with Crippen LogP contribution in [0.5, 0.6) is 0 Å². The topological polar surface area (TPSA) is 90.7 Å². The number of aliphatic imine (C=N–C) groups is 1. The third-order valence-electron chi connectivity index (χ3n) is 7.88. The molecule has 0 amide bonds. The SMILES string of the molecule is CCCC(CCC)(c1cccc(C(=O)OC)n1)c1ccc(C2=NC(c3ccc(Cl)c(Cl)c3)=C(CC(C)C)B2)nc1C(=O)OC. The number of nitrogens with zero attached hydrogens (tertiary/aromatic N) is 3. The van der Waals surface area contributed by atoms with Crippen molar-refractivity contribution < 1.29 is 19.1 Å². The lowest BCUT2D eigenvalue weighted by Crippen LogP contribution is -2.33. The first-order valence-electron chi connectivity index (χ1n) is 15.0. The van der Waals surface area contributed by atoms with E-state index in [0.717, 1.165) is 36.1 Å². The van der Waals surface area contributed by atoms with Gasteiger partial charge in [0.2, 0.25) is 7.28 Å². The van der Waals surface area contributed by atoms with E-state index in [1.54, 1.807) is 18.2 Å². The normalized spacial score (nSPS) is 13.2. The number of hydrogen-bond acceptors (Lipinski definition) is 7. The molecule has 1 aliphatic heterocycles. The zero-order valence-corrected chi connectivity index (χ0v) is 27.7. The van der Waals surface area contributed by atoms with Gasteiger partial charge in [-0.1, -0.05) is 87.4 Å². The second-order valence-electron chi connectivity index (χ2n) is 11.5. The summed E-state index contributed by atoms with van der Waals surface area (Å²) in [5, 5.41) is 0.950. The highest BCUT2D eigenvalue weighted by Gasteiger charge is 2.39. The molecule has 2 aromatic heterocycles. The molecule has 10 heteroatoms. The summed E-state index contributed by atoms with van der Waals surface area (Å²) in [4.78, 5) is 40.5. The molecule has 0 radical (unpaired) electrons. The molecule has 0 atom stereocenters. The van der Waals surface area contributed by atoms with Crippen LogP contribution in [0, 0.1) is 5.92 Å². The van der Waals surface area contributed by atoms with E-state index in [9.17, 15) is 9.59 Å². The molecule has 1 aromatic carbocycles. The van der Waals surface area contributed by atoms with Crippen molar-refractivity contribution in [1.82, 2.24) is 9.97 Å². The van der Waals surface area contributed by atoms with E-state index in [1.165, 1.54) is 19.7 Å². The summed E-state index contributed by atoms with van der Waals surface area (Å²) in [5.74, 6) is -0.645. The summed E-state index contributed by atoms with van der Waals surface area (Å²) < 4.78 is 10.2. The molecule has 7 nitrogen and oxygen atoms in total. The van der Waals surface area contributed by atoms with Crippen molar-refractivity contribution >= 4 is 53.7 Å². The van der Waals surface area contributed by atoms with Crippen LogP contribution in [0.3, 0.4) is 0 Å². The number of carbonyl (C=O) groups excluding carboxylic acids is 2. The minimum atomic E-state index is -0.688. The van der Waals surface area contributed by atoms with E-state index in [4.69, 9.17) is 47.6 Å². The number of hydrogen-bond donors (Lipinski definition) is 0. The Balaban J connectivity index is 1.88. The Morgan fingerprint density at radius 3 is 2.23 bits per heavy atom. The molecule has 0 saturated carbocycles. The maximum Gasteiger partial charge on any atom is 0.356 e. The van der Waals surface area contributed by atoms with Crippen molar-refractivity contribution in [2.45, 2.75) is 65.2 Å². The fraction of sp³-hybridized carbons (Fsp3) is 0.382. The molecule has 0 bridgehead atoms. The molecule has 0 spiro atoms. The van der Waals surface area contributed by atoms with Gasteiger partial charge in [0.25, 0.3) is 0 Å². The van der Waals surface area contributed by atoms with E-state index in [1.807, 2.05) is 30.3 Å². The van der Waals surface area contributed by atoms with Crippen molar-refractivity contribution in [2.75, 3.05) is 14.2 Å². The molecule has 0 N–H and O–H groups in total. The molecule has 1 aliphatic rings. The molecule has 3 aromatic rings. The number of pyridine rings is 2. The number of benzene rings is 1. The predicted molar refractivity (Wildman–Crippen MR) is 178 cm³/mol. The van der Waals surface area contributed by atoms with Crippen LogP contribution in [0.4, 0.5) is 0 Å². The highest BCUT2D eigenvalue weighted by Crippen LogP contribution is 2.42. The lowest BCUT2D eigenvalue weighted by molar-refractivity contribution is 0.0581. The van der Waals surface area contributed by atoms with E-state index < -0.39 is 17.4 Å². The number of aromatic nitrogens is 2. The maximum atomic E-state index is 13.4. The third-order valence-corrected chi connectivity index (χ3v) is 8.62. The number of ether oxygens (including phenoxy) is 2. The molecule has 3 heterocycles. The zero-order chi connectivity index (χ0) is 32.0. The highest BCUT2D eigenvalue weighted by molar-refractivity contribution is 6.86. The zero-order valence-electron chi connectivity index (χ0n) is 26.2. The van der Waals surface area contributed by atoms with Crippen LogP contribution in [0.25, 0.3) is 5.70 Å². The number of methoxy groups -OCH3 is 2. The fourth-order valence-corrected chi connectivity index (χ4v) is 6.38. The number of esters is 2. The minimum Gasteiger partial charge on any atom is -0.464 e. The average molecular weight is 634 g/mol. The van der Waals surface area contributed by atoms with Gasteiger partial charge in [-0.3, -0.25) is 4.99 Å². The summed E-state index contributed by atoms with van der Waals surface area (Å²) in [6, 6.07) is 14.7. The highest BCUT2D eigenvalue weighted by atomic mass is 35.5. The number of carbonyl (C=O) groups is 2. The smallest absolute Gasteiger partial charge is 0.356 e. The summed E-state index contributed by atoms with van der Waals surface area (Å²) in [5.41, 5.74) is 5.42. The van der Waals surface area contributed by atoms with Crippen molar-refractivity contribution in [3.05, 3.63) is 98.0 Å². The number of rotatable bonds is 12. The van der Waals surface area contributed by atoms with Gasteiger partial charge in [0.05, 0.1) is 41.3 Å². The van der Waals surface area contributed by atoms with Crippen LogP contribution in [0.1, 0.15) is 103 Å². The van der Waals surface area contributed by atoms with Crippen LogP contribution < -0.4 is 0 Å². The van der Waals surface area contributed by atoms with Gasteiger partial charge in [-0.05, 0) is 61.1 Å². The van der Waals surface area contributed by atoms with Gasteiger partial charge in [-0.15, -0.1) is 0 Å². The van der Waals surface area contributed by atoms with Gasteiger partial charge in [-0.2, -0.15) is 0 Å². The van der Waals surface area contributed by atoms with Crippen molar-refractivity contribution in [1.29, 1.82) is 0 Å². The Labute approximate surface area is 270 Å². The van der Waals surface area contributed by atoms with Crippen LogP contribution in [0.2, 0.25) is 10.0 Å². The summed E-state index contributed by atoms with van der Waals surface area (Å²) in [7, 11) is 3.29. The van der Waals surface area contributed by atoms with Gasteiger partial charge in [0.15, 0.2) is 5.69 Å². The van der Waals surface area contributed by atoms with Crippen molar-refractivity contribution in [3.8, 4) is 0 Å². The standard InChI is InChI=1S/C34H38BCl2N3O4/c1-7-16-34(17-8-2,28-11-9-10-27(38-28)32(41)43-5)22-13-15-26(39-30(22)33(42)44-6)31-35-23(18-20(3)4)29(40-31)21-12-14-24(36)25(37)19-21/h9-15,19-20,35H,7-8,16-18H2,1-6H3. The second kappa shape index (κ2) is 14.5. The molecule has 0 fully saturated rings. The molecule has 230 valence electrons. The second-order valence-corrected chi connectivity index (χ2v) is 12.3. The van der Waals surface area contributed by atoms with Gasteiger partial charge in [-0.25, -0.2) is 19.6 Å². The average Bonchev–Trinajstić information content (AvgIpc) is 3.44. The quantitative estimate of drug-likeness (QED) is 0.149. The summed E-state index contributed by atoms with van der Waals surface area (Å²) in [6.45, 7) is 8.52.